The van der Waals surface area contributed by atoms with Gasteiger partial charge in [0.15, 0.2) is 0 Å². The molecule has 1 N–H and O–H groups in total. The Morgan fingerprint density at radius 2 is 2.22 bits per heavy atom. The van der Waals surface area contributed by atoms with Gasteiger partial charge >= 0.3 is 0 Å². The average molecular weight is 250 g/mol. The maximum Gasteiger partial charge on any atom is 0.260 e. The molecular weight excluding hydrogens is 232 g/mol. The van der Waals surface area contributed by atoms with Gasteiger partial charge in [-0.2, -0.15) is 0 Å². The highest BCUT2D eigenvalue weighted by Crippen LogP contribution is 2.32. The van der Waals surface area contributed by atoms with Gasteiger partial charge in [0.1, 0.15) is 11.3 Å². The van der Waals surface area contributed by atoms with Gasteiger partial charge in [-0.05, 0) is 32.8 Å². The number of hydrogen-bond acceptors (Lipinski definition) is 4. The molecule has 0 saturated heterocycles. The fraction of sp³-hybridized carbons (Fsp3) is 0.538. The number of nitrogens with one attached hydrogen (secondary N) is 1. The van der Waals surface area contributed by atoms with Crippen molar-refractivity contribution in [3.63, 3.8) is 0 Å². The molecule has 0 aliphatic heterocycles. The van der Waals surface area contributed by atoms with Gasteiger partial charge in [-0.3, -0.25) is 4.79 Å². The minimum Gasteiger partial charge on any atom is -0.489 e. The fourth-order valence-corrected chi connectivity index (χ4v) is 1.54. The van der Waals surface area contributed by atoms with E-state index >= 15 is 0 Å². The van der Waals surface area contributed by atoms with Crippen LogP contribution in [-0.2, 0) is 0 Å². The third-order valence-electron chi connectivity index (χ3n) is 2.50. The van der Waals surface area contributed by atoms with E-state index < -0.39 is 0 Å². The second-order valence-electron chi connectivity index (χ2n) is 4.55. The van der Waals surface area contributed by atoms with E-state index in [0.717, 1.165) is 12.8 Å². The lowest BCUT2D eigenvalue weighted by atomic mass is 10.2. The van der Waals surface area contributed by atoms with Crippen molar-refractivity contribution in [3.8, 4) is 11.6 Å². The van der Waals surface area contributed by atoms with Gasteiger partial charge in [0, 0.05) is 13.2 Å². The number of rotatable bonds is 5. The van der Waals surface area contributed by atoms with E-state index in [9.17, 15) is 4.79 Å². The lowest BCUT2D eigenvalue weighted by Crippen LogP contribution is -2.22. The molecule has 1 saturated carbocycles. The molecule has 0 atom stereocenters. The van der Waals surface area contributed by atoms with Crippen LogP contribution in [0.15, 0.2) is 12.3 Å². The SMILES string of the molecule is CNC(=O)c1c(OC2CC2)ccnc1OC(C)C. The standard InChI is InChI=1S/C13H18N2O3/c1-8(2)17-13-11(12(16)14-3)10(6-7-15-13)18-9-4-5-9/h6-9H,4-5H2,1-3H3,(H,14,16). The molecule has 0 spiro atoms. The topological polar surface area (TPSA) is 60.5 Å². The molecule has 5 nitrogen and oxygen atoms in total. The van der Waals surface area contributed by atoms with E-state index in [0.29, 0.717) is 17.2 Å². The zero-order valence-electron chi connectivity index (χ0n) is 10.9. The molecule has 1 aromatic rings. The van der Waals surface area contributed by atoms with Crippen LogP contribution in [0.4, 0.5) is 0 Å². The molecule has 0 radical (unpaired) electrons. The molecule has 98 valence electrons. The first-order valence-electron chi connectivity index (χ1n) is 6.16. The summed E-state index contributed by atoms with van der Waals surface area (Å²) in [6.45, 7) is 3.79. The highest BCUT2D eigenvalue weighted by atomic mass is 16.5. The number of carbonyl (C=O) groups excluding carboxylic acids is 1. The molecule has 1 aliphatic carbocycles. The molecule has 5 heteroatoms. The van der Waals surface area contributed by atoms with Crippen LogP contribution in [0.2, 0.25) is 0 Å². The first-order valence-corrected chi connectivity index (χ1v) is 6.16. The maximum atomic E-state index is 11.9. The molecule has 1 aromatic heterocycles. The van der Waals surface area contributed by atoms with Gasteiger partial charge in [-0.25, -0.2) is 4.98 Å². The van der Waals surface area contributed by atoms with Gasteiger partial charge < -0.3 is 14.8 Å². The highest BCUT2D eigenvalue weighted by Gasteiger charge is 2.27. The summed E-state index contributed by atoms with van der Waals surface area (Å²) in [6.07, 6.45) is 3.85. The van der Waals surface area contributed by atoms with Gasteiger partial charge in [-0.15, -0.1) is 0 Å². The lowest BCUT2D eigenvalue weighted by molar-refractivity contribution is 0.0950. The number of amides is 1. The van der Waals surface area contributed by atoms with Gasteiger partial charge in [0.25, 0.3) is 5.91 Å². The first kappa shape index (κ1) is 12.7. The number of aromatic nitrogens is 1. The Hall–Kier alpha value is -1.78. The highest BCUT2D eigenvalue weighted by molar-refractivity contribution is 5.98. The predicted molar refractivity (Wildman–Crippen MR) is 67.0 cm³/mol. The minimum absolute atomic E-state index is 0.0444. The summed E-state index contributed by atoms with van der Waals surface area (Å²) < 4.78 is 11.3. The summed E-state index contributed by atoms with van der Waals surface area (Å²) in [7, 11) is 1.58. The van der Waals surface area contributed by atoms with Crippen LogP contribution >= 0.6 is 0 Å². The van der Waals surface area contributed by atoms with Crippen LogP contribution in [-0.4, -0.2) is 30.1 Å². The van der Waals surface area contributed by atoms with Gasteiger partial charge in [0.2, 0.25) is 5.88 Å². The van der Waals surface area contributed by atoms with E-state index in [4.69, 9.17) is 9.47 Å². The molecule has 2 rings (SSSR count). The molecular formula is C13H18N2O3. The number of carbonyl (C=O) groups is 1. The van der Waals surface area contributed by atoms with Crippen molar-refractivity contribution in [2.45, 2.75) is 38.9 Å². The molecule has 1 fully saturated rings. The summed E-state index contributed by atoms with van der Waals surface area (Å²) in [5.41, 5.74) is 0.376. The predicted octanol–water partition coefficient (Wildman–Crippen LogP) is 1.77. The lowest BCUT2D eigenvalue weighted by Gasteiger charge is -2.15. The van der Waals surface area contributed by atoms with Gasteiger partial charge in [-0.1, -0.05) is 0 Å². The van der Waals surface area contributed by atoms with Crippen LogP contribution < -0.4 is 14.8 Å². The Labute approximate surface area is 107 Å². The summed E-state index contributed by atoms with van der Waals surface area (Å²) in [6, 6.07) is 1.70. The van der Waals surface area contributed by atoms with E-state index in [1.54, 1.807) is 19.3 Å². The summed E-state index contributed by atoms with van der Waals surface area (Å²) in [5, 5.41) is 2.59. The summed E-state index contributed by atoms with van der Waals surface area (Å²) >= 11 is 0. The van der Waals surface area contributed by atoms with Crippen LogP contribution in [0.3, 0.4) is 0 Å². The second-order valence-corrected chi connectivity index (χ2v) is 4.55. The molecule has 1 amide bonds. The third kappa shape index (κ3) is 2.91. The van der Waals surface area contributed by atoms with E-state index in [1.165, 1.54) is 0 Å². The van der Waals surface area contributed by atoms with Crippen molar-refractivity contribution >= 4 is 5.91 Å². The van der Waals surface area contributed by atoms with E-state index in [2.05, 4.69) is 10.3 Å². The van der Waals surface area contributed by atoms with Crippen LogP contribution in [0.1, 0.15) is 37.0 Å². The van der Waals surface area contributed by atoms with Crippen molar-refractivity contribution in [2.75, 3.05) is 7.05 Å². The maximum absolute atomic E-state index is 11.9. The second kappa shape index (κ2) is 5.25. The fourth-order valence-electron chi connectivity index (χ4n) is 1.54. The third-order valence-corrected chi connectivity index (χ3v) is 2.50. The largest absolute Gasteiger partial charge is 0.489 e. The Morgan fingerprint density at radius 1 is 1.50 bits per heavy atom. The molecule has 0 unspecified atom stereocenters. The van der Waals surface area contributed by atoms with Crippen molar-refractivity contribution < 1.29 is 14.3 Å². The van der Waals surface area contributed by atoms with Crippen molar-refractivity contribution in [3.05, 3.63) is 17.8 Å². The quantitative estimate of drug-likeness (QED) is 0.865. The molecule has 18 heavy (non-hydrogen) atoms. The first-order chi connectivity index (χ1) is 8.61. The zero-order valence-corrected chi connectivity index (χ0v) is 10.9. The number of ether oxygens (including phenoxy) is 2. The van der Waals surface area contributed by atoms with Gasteiger partial charge in [0.05, 0.1) is 12.2 Å². The Morgan fingerprint density at radius 3 is 2.78 bits per heavy atom. The number of pyridine rings is 1. The summed E-state index contributed by atoms with van der Waals surface area (Å²) in [5.74, 6) is 0.624. The molecule has 0 bridgehead atoms. The van der Waals surface area contributed by atoms with Crippen molar-refractivity contribution in [2.24, 2.45) is 0 Å². The Balaban J connectivity index is 2.34. The average Bonchev–Trinajstić information content (AvgIpc) is 3.11. The van der Waals surface area contributed by atoms with Crippen molar-refractivity contribution in [1.29, 1.82) is 0 Å². The Kier molecular flexibility index (Phi) is 3.69. The molecule has 1 heterocycles. The zero-order chi connectivity index (χ0) is 13.1. The Bertz CT molecular complexity index is 420. The normalized spacial score (nSPS) is 14.4. The molecule has 0 aromatic carbocycles. The van der Waals surface area contributed by atoms with E-state index in [-0.39, 0.29) is 18.1 Å². The van der Waals surface area contributed by atoms with E-state index in [1.807, 2.05) is 13.8 Å². The van der Waals surface area contributed by atoms with Crippen LogP contribution in [0.25, 0.3) is 0 Å². The number of nitrogens with zero attached hydrogens (tertiary/aromatic N) is 1. The molecule has 1 aliphatic rings. The number of hydrogen-bond donors (Lipinski definition) is 1. The monoisotopic (exact) mass is 250 g/mol. The summed E-state index contributed by atoms with van der Waals surface area (Å²) in [4.78, 5) is 16.0. The van der Waals surface area contributed by atoms with Crippen LogP contribution in [0.5, 0.6) is 11.6 Å². The van der Waals surface area contributed by atoms with Crippen LogP contribution in [0, 0.1) is 0 Å². The minimum atomic E-state index is -0.241. The smallest absolute Gasteiger partial charge is 0.260 e. The van der Waals surface area contributed by atoms with Crippen molar-refractivity contribution in [1.82, 2.24) is 10.3 Å².